The SMILES string of the molecule is CC(C)[C@H](Nc1ccc(C(F)(F)F)cc1Cl)C(=O)NCc1nnc2n1-c1ccccc1CC2. The van der Waals surface area contributed by atoms with Crippen LogP contribution in [0.3, 0.4) is 0 Å². The largest absolute Gasteiger partial charge is 0.416 e. The second-order valence-corrected chi connectivity index (χ2v) is 8.68. The van der Waals surface area contributed by atoms with E-state index in [1.165, 1.54) is 11.6 Å². The van der Waals surface area contributed by atoms with Crippen LogP contribution in [-0.2, 0) is 30.4 Å². The molecule has 0 unspecified atom stereocenters. The van der Waals surface area contributed by atoms with E-state index in [-0.39, 0.29) is 29.1 Å². The standard InChI is InChI=1S/C23H23ClF3N5O/c1-13(2)21(29-17-9-8-15(11-16(17)24)23(25,26)27)22(33)28-12-20-31-30-19-10-7-14-5-3-4-6-18(14)32(19)20/h3-6,8-9,11,13,21,29H,7,10,12H2,1-2H3,(H,28,33)/t21-/m0/s1. The Morgan fingerprint density at radius 2 is 1.91 bits per heavy atom. The Morgan fingerprint density at radius 1 is 1.15 bits per heavy atom. The Bertz CT molecular complexity index is 1180. The highest BCUT2D eigenvalue weighted by molar-refractivity contribution is 6.33. The molecule has 0 aliphatic carbocycles. The summed E-state index contributed by atoms with van der Waals surface area (Å²) < 4.78 is 40.7. The molecule has 0 fully saturated rings. The summed E-state index contributed by atoms with van der Waals surface area (Å²) in [4.78, 5) is 13.0. The first kappa shape index (κ1) is 23.1. The van der Waals surface area contributed by atoms with Gasteiger partial charge in [0.15, 0.2) is 5.82 Å². The van der Waals surface area contributed by atoms with Crippen LogP contribution in [0.25, 0.3) is 5.69 Å². The zero-order valence-corrected chi connectivity index (χ0v) is 18.8. The summed E-state index contributed by atoms with van der Waals surface area (Å²) in [6.07, 6.45) is -2.85. The van der Waals surface area contributed by atoms with E-state index in [9.17, 15) is 18.0 Å². The van der Waals surface area contributed by atoms with Gasteiger partial charge in [-0.3, -0.25) is 9.36 Å². The molecule has 33 heavy (non-hydrogen) atoms. The number of carbonyl (C=O) groups excluding carboxylic acids is 1. The van der Waals surface area contributed by atoms with E-state index in [0.29, 0.717) is 5.82 Å². The Hall–Kier alpha value is -3.07. The second-order valence-electron chi connectivity index (χ2n) is 8.27. The van der Waals surface area contributed by atoms with Crippen LogP contribution in [0.2, 0.25) is 5.02 Å². The molecule has 10 heteroatoms. The number of rotatable bonds is 6. The number of fused-ring (bicyclic) bond motifs is 3. The van der Waals surface area contributed by atoms with Gasteiger partial charge in [0, 0.05) is 6.42 Å². The number of alkyl halides is 3. The number of para-hydroxylation sites is 1. The predicted octanol–water partition coefficient (Wildman–Crippen LogP) is 4.79. The van der Waals surface area contributed by atoms with Crippen molar-refractivity contribution in [1.82, 2.24) is 20.1 Å². The number of benzene rings is 2. The van der Waals surface area contributed by atoms with Gasteiger partial charge < -0.3 is 10.6 Å². The molecule has 3 aromatic rings. The Morgan fingerprint density at radius 3 is 2.61 bits per heavy atom. The number of hydrogen-bond donors (Lipinski definition) is 2. The molecule has 0 radical (unpaired) electrons. The maximum absolute atomic E-state index is 13.0. The van der Waals surface area contributed by atoms with Crippen molar-refractivity contribution in [3.8, 4) is 5.69 Å². The average Bonchev–Trinajstić information content (AvgIpc) is 3.19. The molecule has 174 valence electrons. The molecule has 2 aromatic carbocycles. The van der Waals surface area contributed by atoms with E-state index in [2.05, 4.69) is 26.9 Å². The fraction of sp³-hybridized carbons (Fsp3) is 0.348. The molecule has 1 aliphatic rings. The molecule has 1 aliphatic heterocycles. The highest BCUT2D eigenvalue weighted by Gasteiger charge is 2.31. The lowest BCUT2D eigenvalue weighted by molar-refractivity contribution is -0.137. The van der Waals surface area contributed by atoms with Gasteiger partial charge in [0.05, 0.1) is 28.5 Å². The average molecular weight is 478 g/mol. The maximum Gasteiger partial charge on any atom is 0.416 e. The van der Waals surface area contributed by atoms with Gasteiger partial charge in [-0.2, -0.15) is 13.2 Å². The van der Waals surface area contributed by atoms with Crippen molar-refractivity contribution < 1.29 is 18.0 Å². The minimum absolute atomic E-state index is 0.105. The lowest BCUT2D eigenvalue weighted by atomic mass is 10.0. The number of hydrogen-bond acceptors (Lipinski definition) is 4. The van der Waals surface area contributed by atoms with Crippen LogP contribution in [0, 0.1) is 5.92 Å². The quantitative estimate of drug-likeness (QED) is 0.535. The summed E-state index contributed by atoms with van der Waals surface area (Å²) in [5, 5.41) is 14.3. The molecule has 0 saturated heterocycles. The number of aromatic nitrogens is 3. The zero-order valence-electron chi connectivity index (χ0n) is 18.1. The van der Waals surface area contributed by atoms with Gasteiger partial charge >= 0.3 is 6.18 Å². The monoisotopic (exact) mass is 477 g/mol. The van der Waals surface area contributed by atoms with Gasteiger partial charge in [-0.1, -0.05) is 43.6 Å². The van der Waals surface area contributed by atoms with E-state index in [1.807, 2.05) is 36.6 Å². The first-order chi connectivity index (χ1) is 15.6. The molecule has 2 N–H and O–H groups in total. The third kappa shape index (κ3) is 4.83. The van der Waals surface area contributed by atoms with E-state index >= 15 is 0 Å². The summed E-state index contributed by atoms with van der Waals surface area (Å²) in [5.41, 5.74) is 1.60. The van der Waals surface area contributed by atoms with Crippen molar-refractivity contribution in [3.63, 3.8) is 0 Å². The van der Waals surface area contributed by atoms with E-state index in [1.54, 1.807) is 0 Å². The maximum atomic E-state index is 13.0. The predicted molar refractivity (Wildman–Crippen MR) is 119 cm³/mol. The van der Waals surface area contributed by atoms with E-state index in [0.717, 1.165) is 36.5 Å². The lowest BCUT2D eigenvalue weighted by Gasteiger charge is -2.24. The summed E-state index contributed by atoms with van der Waals surface area (Å²) in [5.74, 6) is 0.979. The van der Waals surface area contributed by atoms with Crippen molar-refractivity contribution in [3.05, 3.63) is 70.3 Å². The van der Waals surface area contributed by atoms with Crippen LogP contribution in [0.4, 0.5) is 18.9 Å². The summed E-state index contributed by atoms with van der Waals surface area (Å²) >= 11 is 6.06. The number of halogens is 4. The van der Waals surface area contributed by atoms with Crippen LogP contribution >= 0.6 is 11.6 Å². The molecular weight excluding hydrogens is 455 g/mol. The normalized spacial score (nSPS) is 13.9. The minimum Gasteiger partial charge on any atom is -0.372 e. The highest BCUT2D eigenvalue weighted by atomic mass is 35.5. The number of anilines is 1. The van der Waals surface area contributed by atoms with Gasteiger partial charge in [-0.25, -0.2) is 0 Å². The van der Waals surface area contributed by atoms with Crippen molar-refractivity contribution >= 4 is 23.2 Å². The number of nitrogens with zero attached hydrogens (tertiary/aromatic N) is 3. The Kier molecular flexibility index (Phi) is 6.34. The molecule has 1 aromatic heterocycles. The molecule has 2 heterocycles. The summed E-state index contributed by atoms with van der Waals surface area (Å²) in [7, 11) is 0. The second kappa shape index (κ2) is 9.05. The van der Waals surface area contributed by atoms with E-state index < -0.39 is 17.8 Å². The van der Waals surface area contributed by atoms with Crippen molar-refractivity contribution in [2.24, 2.45) is 5.92 Å². The van der Waals surface area contributed by atoms with Gasteiger partial charge in [-0.05, 0) is 42.2 Å². The minimum atomic E-state index is -4.49. The molecule has 1 atom stereocenters. The Balaban J connectivity index is 1.49. The third-order valence-corrected chi connectivity index (χ3v) is 5.94. The van der Waals surface area contributed by atoms with Crippen LogP contribution in [-0.4, -0.2) is 26.7 Å². The van der Waals surface area contributed by atoms with Gasteiger partial charge in [0.25, 0.3) is 0 Å². The van der Waals surface area contributed by atoms with Crippen LogP contribution in [0.15, 0.2) is 42.5 Å². The molecule has 0 spiro atoms. The molecule has 1 amide bonds. The van der Waals surface area contributed by atoms with Crippen molar-refractivity contribution in [2.75, 3.05) is 5.32 Å². The molecule has 0 saturated carbocycles. The fourth-order valence-electron chi connectivity index (χ4n) is 3.88. The molecule has 0 bridgehead atoms. The van der Waals surface area contributed by atoms with E-state index in [4.69, 9.17) is 11.6 Å². The first-order valence-electron chi connectivity index (χ1n) is 10.6. The van der Waals surface area contributed by atoms with Crippen LogP contribution in [0.5, 0.6) is 0 Å². The van der Waals surface area contributed by atoms with Gasteiger partial charge in [-0.15, -0.1) is 10.2 Å². The first-order valence-corrected chi connectivity index (χ1v) is 11.0. The molecule has 6 nitrogen and oxygen atoms in total. The number of aryl methyl sites for hydroxylation is 2. The lowest BCUT2D eigenvalue weighted by Crippen LogP contribution is -2.43. The number of amides is 1. The van der Waals surface area contributed by atoms with Crippen molar-refractivity contribution in [2.45, 2.75) is 45.5 Å². The van der Waals surface area contributed by atoms with Crippen molar-refractivity contribution in [1.29, 1.82) is 0 Å². The number of nitrogens with one attached hydrogen (secondary N) is 2. The molecular formula is C23H23ClF3N5O. The van der Waals surface area contributed by atoms with Crippen LogP contribution < -0.4 is 10.6 Å². The summed E-state index contributed by atoms with van der Waals surface area (Å²) in [6, 6.07) is 10.3. The van der Waals surface area contributed by atoms with Gasteiger partial charge in [0.1, 0.15) is 11.9 Å². The summed E-state index contributed by atoms with van der Waals surface area (Å²) in [6.45, 7) is 3.83. The zero-order chi connectivity index (χ0) is 23.8. The van der Waals surface area contributed by atoms with Crippen LogP contribution in [0.1, 0.15) is 36.6 Å². The fourth-order valence-corrected chi connectivity index (χ4v) is 4.12. The number of carbonyl (C=O) groups is 1. The van der Waals surface area contributed by atoms with Gasteiger partial charge in [0.2, 0.25) is 5.91 Å². The Labute approximate surface area is 194 Å². The topological polar surface area (TPSA) is 71.8 Å². The third-order valence-electron chi connectivity index (χ3n) is 5.62. The smallest absolute Gasteiger partial charge is 0.372 e. The highest BCUT2D eigenvalue weighted by Crippen LogP contribution is 2.34. The molecule has 4 rings (SSSR count).